The van der Waals surface area contributed by atoms with Gasteiger partial charge < -0.3 is 5.32 Å². The third-order valence-electron chi connectivity index (χ3n) is 1.42. The van der Waals surface area contributed by atoms with Crippen molar-refractivity contribution < 1.29 is 4.57 Å². The fourth-order valence-electron chi connectivity index (χ4n) is 0.879. The first-order chi connectivity index (χ1) is 5.36. The predicted octanol–water partition coefficient (Wildman–Crippen LogP) is 1.32. The average Bonchev–Trinajstić information content (AvgIpc) is 2.07. The molecule has 0 bridgehead atoms. The zero-order valence-electron chi connectivity index (χ0n) is 6.37. The minimum Gasteiger partial charge on any atom is -0.316 e. The molecule has 58 valence electrons. The molecule has 1 aromatic rings. The van der Waals surface area contributed by atoms with Crippen LogP contribution in [0, 0.1) is 0 Å². The molecule has 0 saturated carbocycles. The van der Waals surface area contributed by atoms with Crippen molar-refractivity contribution in [1.82, 2.24) is 5.32 Å². The van der Waals surface area contributed by atoms with E-state index in [1.54, 1.807) is 0 Å². The first kappa shape index (κ1) is 8.38. The van der Waals surface area contributed by atoms with Gasteiger partial charge in [-0.3, -0.25) is 4.57 Å². The molecule has 0 atom stereocenters. The second-order valence-electron chi connectivity index (χ2n) is 2.29. The molecule has 3 heteroatoms. The molecule has 0 heterocycles. The SMILES string of the molecule is CNCc1ccc(P=O)cc1. The van der Waals surface area contributed by atoms with E-state index < -0.39 is 0 Å². The Morgan fingerprint density at radius 3 is 2.45 bits per heavy atom. The van der Waals surface area contributed by atoms with E-state index in [1.807, 2.05) is 31.3 Å². The van der Waals surface area contributed by atoms with E-state index in [1.165, 1.54) is 5.56 Å². The maximum Gasteiger partial charge on any atom is 0.192 e. The molecule has 1 rings (SSSR count). The molecule has 0 amide bonds. The van der Waals surface area contributed by atoms with Crippen LogP contribution in [-0.4, -0.2) is 7.05 Å². The Balaban J connectivity index is 2.74. The molecule has 0 aliphatic carbocycles. The number of benzene rings is 1. The van der Waals surface area contributed by atoms with Gasteiger partial charge in [-0.1, -0.05) is 12.1 Å². The predicted molar refractivity (Wildman–Crippen MR) is 46.4 cm³/mol. The summed E-state index contributed by atoms with van der Waals surface area (Å²) >= 11 is 0. The van der Waals surface area contributed by atoms with Gasteiger partial charge >= 0.3 is 0 Å². The first-order valence-corrected chi connectivity index (χ1v) is 4.25. The smallest absolute Gasteiger partial charge is 0.192 e. The molecule has 0 radical (unpaired) electrons. The number of nitrogens with one attached hydrogen (secondary N) is 1. The minimum absolute atomic E-state index is 0.0916. The Morgan fingerprint density at radius 2 is 2.00 bits per heavy atom. The Labute approximate surface area is 67.8 Å². The van der Waals surface area contributed by atoms with Gasteiger partial charge in [0.2, 0.25) is 0 Å². The molecular weight excluding hydrogens is 157 g/mol. The van der Waals surface area contributed by atoms with Crippen LogP contribution in [0.1, 0.15) is 5.56 Å². The summed E-state index contributed by atoms with van der Waals surface area (Å²) in [6.07, 6.45) is 0. The molecule has 1 N–H and O–H groups in total. The Hall–Kier alpha value is -0.720. The maximum absolute atomic E-state index is 10.4. The van der Waals surface area contributed by atoms with Crippen LogP contribution < -0.4 is 10.6 Å². The molecule has 0 saturated heterocycles. The van der Waals surface area contributed by atoms with Crippen LogP contribution in [-0.2, 0) is 11.1 Å². The molecule has 1 aromatic carbocycles. The van der Waals surface area contributed by atoms with Gasteiger partial charge in [-0.2, -0.15) is 0 Å². The summed E-state index contributed by atoms with van der Waals surface area (Å²) in [5, 5.41) is 3.87. The summed E-state index contributed by atoms with van der Waals surface area (Å²) in [6.45, 7) is 0.857. The lowest BCUT2D eigenvalue weighted by atomic mass is 10.2. The summed E-state index contributed by atoms with van der Waals surface area (Å²) in [4.78, 5) is 0. The Kier molecular flexibility index (Phi) is 3.21. The van der Waals surface area contributed by atoms with Crippen molar-refractivity contribution >= 4 is 13.8 Å². The molecule has 0 aromatic heterocycles. The lowest BCUT2D eigenvalue weighted by Gasteiger charge is -1.97. The van der Waals surface area contributed by atoms with E-state index in [4.69, 9.17) is 0 Å². The lowest BCUT2D eigenvalue weighted by Crippen LogP contribution is -2.05. The van der Waals surface area contributed by atoms with Crippen LogP contribution in [0.15, 0.2) is 24.3 Å². The quantitative estimate of drug-likeness (QED) is 0.688. The highest BCUT2D eigenvalue weighted by Gasteiger charge is 1.91. The van der Waals surface area contributed by atoms with Crippen LogP contribution in [0.4, 0.5) is 0 Å². The molecule has 0 aliphatic heterocycles. The standard InChI is InChI=1S/C8H10NOP/c1-9-6-7-2-4-8(11-10)5-3-7/h2-5,9H,6H2,1H3. The van der Waals surface area contributed by atoms with Gasteiger partial charge in [0, 0.05) is 11.8 Å². The van der Waals surface area contributed by atoms with E-state index >= 15 is 0 Å². The maximum atomic E-state index is 10.4. The van der Waals surface area contributed by atoms with E-state index in [2.05, 4.69) is 5.32 Å². The number of rotatable bonds is 3. The topological polar surface area (TPSA) is 29.1 Å². The molecule has 0 unspecified atom stereocenters. The summed E-state index contributed by atoms with van der Waals surface area (Å²) in [7, 11) is 1.99. The van der Waals surface area contributed by atoms with Crippen LogP contribution in [0.25, 0.3) is 0 Å². The monoisotopic (exact) mass is 167 g/mol. The Morgan fingerprint density at radius 1 is 1.36 bits per heavy atom. The van der Waals surface area contributed by atoms with E-state index in [9.17, 15) is 4.57 Å². The normalized spacial score (nSPS) is 10.3. The highest BCUT2D eigenvalue weighted by Crippen LogP contribution is 2.00. The van der Waals surface area contributed by atoms with Gasteiger partial charge in [0.05, 0.1) is 0 Å². The number of hydrogen-bond donors (Lipinski definition) is 1. The van der Waals surface area contributed by atoms with Gasteiger partial charge in [-0.25, -0.2) is 0 Å². The second kappa shape index (κ2) is 4.22. The van der Waals surface area contributed by atoms with Crippen molar-refractivity contribution in [3.05, 3.63) is 29.8 Å². The Bertz CT molecular complexity index is 232. The van der Waals surface area contributed by atoms with Gasteiger partial charge in [0.25, 0.3) is 0 Å². The second-order valence-corrected chi connectivity index (χ2v) is 2.99. The van der Waals surface area contributed by atoms with Crippen LogP contribution in [0.2, 0.25) is 0 Å². The van der Waals surface area contributed by atoms with Crippen molar-refractivity contribution in [2.24, 2.45) is 0 Å². The highest BCUT2D eigenvalue weighted by atomic mass is 31.1. The molecule has 0 spiro atoms. The van der Waals surface area contributed by atoms with Crippen molar-refractivity contribution in [3.8, 4) is 0 Å². The van der Waals surface area contributed by atoms with Crippen LogP contribution >= 0.6 is 8.46 Å². The average molecular weight is 167 g/mol. The van der Waals surface area contributed by atoms with Gasteiger partial charge in [0.1, 0.15) is 0 Å². The van der Waals surface area contributed by atoms with Gasteiger partial charge in [-0.15, -0.1) is 0 Å². The zero-order valence-corrected chi connectivity index (χ0v) is 7.27. The highest BCUT2D eigenvalue weighted by molar-refractivity contribution is 7.34. The van der Waals surface area contributed by atoms with Crippen molar-refractivity contribution in [2.75, 3.05) is 7.05 Å². The van der Waals surface area contributed by atoms with Crippen molar-refractivity contribution in [3.63, 3.8) is 0 Å². The van der Waals surface area contributed by atoms with E-state index in [-0.39, 0.29) is 8.46 Å². The third-order valence-corrected chi connectivity index (χ3v) is 1.93. The van der Waals surface area contributed by atoms with Crippen LogP contribution in [0.3, 0.4) is 0 Å². The zero-order chi connectivity index (χ0) is 8.10. The van der Waals surface area contributed by atoms with Crippen LogP contribution in [0.5, 0.6) is 0 Å². The van der Waals surface area contributed by atoms with Gasteiger partial charge in [0.15, 0.2) is 8.46 Å². The lowest BCUT2D eigenvalue weighted by molar-refractivity contribution is 0.603. The van der Waals surface area contributed by atoms with Crippen molar-refractivity contribution in [1.29, 1.82) is 0 Å². The third kappa shape index (κ3) is 2.41. The van der Waals surface area contributed by atoms with E-state index in [0.29, 0.717) is 0 Å². The largest absolute Gasteiger partial charge is 0.316 e. The van der Waals surface area contributed by atoms with Crippen molar-refractivity contribution in [2.45, 2.75) is 6.54 Å². The molecule has 0 fully saturated rings. The number of hydrogen-bond acceptors (Lipinski definition) is 2. The molecule has 2 nitrogen and oxygen atoms in total. The van der Waals surface area contributed by atoms with Gasteiger partial charge in [-0.05, 0) is 24.7 Å². The fraction of sp³-hybridized carbons (Fsp3) is 0.250. The first-order valence-electron chi connectivity index (χ1n) is 3.43. The summed E-state index contributed by atoms with van der Waals surface area (Å²) in [5.74, 6) is 0. The molecular formula is C8H10NOP. The summed E-state index contributed by atoms with van der Waals surface area (Å²) in [6, 6.07) is 7.66. The van der Waals surface area contributed by atoms with E-state index in [0.717, 1.165) is 11.8 Å². The minimum atomic E-state index is 0.0916. The molecule has 0 aliphatic rings. The summed E-state index contributed by atoms with van der Waals surface area (Å²) in [5.41, 5.74) is 1.21. The molecule has 11 heavy (non-hydrogen) atoms. The fourth-order valence-corrected chi connectivity index (χ4v) is 1.15. The summed E-state index contributed by atoms with van der Waals surface area (Å²) < 4.78 is 10.4.